The quantitative estimate of drug-likeness (QED) is 0.814. The molecule has 2 rings (SSSR count). The van der Waals surface area contributed by atoms with Crippen LogP contribution in [0.1, 0.15) is 12.5 Å². The highest BCUT2D eigenvalue weighted by atomic mass is 127. The van der Waals surface area contributed by atoms with E-state index in [-0.39, 0.29) is 0 Å². The summed E-state index contributed by atoms with van der Waals surface area (Å²) in [6, 6.07) is 16.2. The van der Waals surface area contributed by atoms with Gasteiger partial charge in [0.1, 0.15) is 11.5 Å². The lowest BCUT2D eigenvalue weighted by atomic mass is 10.2. The molecule has 3 heteroatoms. The first-order valence-electron chi connectivity index (χ1n) is 6.02. The third-order valence-corrected chi connectivity index (χ3v) is 3.49. The third kappa shape index (κ3) is 3.46. The first-order chi connectivity index (χ1) is 8.81. The molecule has 0 saturated carbocycles. The second kappa shape index (κ2) is 6.75. The Kier molecular flexibility index (Phi) is 5.01. The maximum Gasteiger partial charge on any atom is 0.140 e. The van der Waals surface area contributed by atoms with Crippen LogP contribution in [0.3, 0.4) is 0 Å². The first-order valence-corrected chi connectivity index (χ1v) is 7.10. The van der Waals surface area contributed by atoms with E-state index in [2.05, 4.69) is 40.9 Å². The van der Waals surface area contributed by atoms with Gasteiger partial charge in [0.15, 0.2) is 0 Å². The van der Waals surface area contributed by atoms with Crippen molar-refractivity contribution in [2.24, 2.45) is 0 Å². The predicted molar refractivity (Wildman–Crippen MR) is 83.1 cm³/mol. The maximum absolute atomic E-state index is 5.99. The third-order valence-electron chi connectivity index (χ3n) is 2.59. The average molecular weight is 353 g/mol. The largest absolute Gasteiger partial charge is 0.456 e. The SMILES string of the molecule is CCNCc1ccccc1Oc1ccccc1I. The number of nitrogens with one attached hydrogen (secondary N) is 1. The van der Waals surface area contributed by atoms with Gasteiger partial charge in [-0.3, -0.25) is 0 Å². The number of benzene rings is 2. The molecule has 2 aromatic carbocycles. The van der Waals surface area contributed by atoms with Crippen molar-refractivity contribution in [3.05, 3.63) is 57.7 Å². The van der Waals surface area contributed by atoms with E-state index in [1.165, 1.54) is 5.56 Å². The number of para-hydroxylation sites is 2. The van der Waals surface area contributed by atoms with Crippen LogP contribution in [0.2, 0.25) is 0 Å². The van der Waals surface area contributed by atoms with Crippen LogP contribution < -0.4 is 10.1 Å². The minimum Gasteiger partial charge on any atom is -0.456 e. The van der Waals surface area contributed by atoms with Crippen molar-refractivity contribution in [2.75, 3.05) is 6.54 Å². The van der Waals surface area contributed by atoms with Gasteiger partial charge < -0.3 is 10.1 Å². The fourth-order valence-electron chi connectivity index (χ4n) is 1.66. The topological polar surface area (TPSA) is 21.3 Å². The molecule has 0 aromatic heterocycles. The summed E-state index contributed by atoms with van der Waals surface area (Å²) < 4.78 is 7.11. The molecule has 0 spiro atoms. The second-order valence-corrected chi connectivity index (χ2v) is 5.08. The highest BCUT2D eigenvalue weighted by Gasteiger charge is 2.05. The molecule has 2 nitrogen and oxygen atoms in total. The van der Waals surface area contributed by atoms with Crippen LogP contribution in [-0.4, -0.2) is 6.54 Å². The minimum absolute atomic E-state index is 0.829. The van der Waals surface area contributed by atoms with Crippen molar-refractivity contribution >= 4 is 22.6 Å². The molecule has 0 heterocycles. The van der Waals surface area contributed by atoms with E-state index in [0.717, 1.165) is 28.2 Å². The molecule has 0 fully saturated rings. The number of hydrogen-bond donors (Lipinski definition) is 1. The summed E-state index contributed by atoms with van der Waals surface area (Å²) in [7, 11) is 0. The van der Waals surface area contributed by atoms with Gasteiger partial charge in [-0.25, -0.2) is 0 Å². The number of halogens is 1. The van der Waals surface area contributed by atoms with Crippen LogP contribution in [0, 0.1) is 3.57 Å². The van der Waals surface area contributed by atoms with E-state index >= 15 is 0 Å². The zero-order chi connectivity index (χ0) is 12.8. The van der Waals surface area contributed by atoms with Gasteiger partial charge in [-0.15, -0.1) is 0 Å². The van der Waals surface area contributed by atoms with Gasteiger partial charge in [-0.1, -0.05) is 37.3 Å². The van der Waals surface area contributed by atoms with Crippen LogP contribution in [-0.2, 0) is 6.54 Å². The normalized spacial score (nSPS) is 10.3. The van der Waals surface area contributed by atoms with E-state index < -0.39 is 0 Å². The molecular formula is C15H16INO. The van der Waals surface area contributed by atoms with Crippen molar-refractivity contribution in [1.29, 1.82) is 0 Å². The van der Waals surface area contributed by atoms with Crippen LogP contribution in [0.15, 0.2) is 48.5 Å². The summed E-state index contributed by atoms with van der Waals surface area (Å²) in [6.45, 7) is 3.89. The van der Waals surface area contributed by atoms with E-state index in [1.807, 2.05) is 42.5 Å². The maximum atomic E-state index is 5.99. The van der Waals surface area contributed by atoms with Crippen molar-refractivity contribution < 1.29 is 4.74 Å². The fraction of sp³-hybridized carbons (Fsp3) is 0.200. The Morgan fingerprint density at radius 1 is 1.00 bits per heavy atom. The standard InChI is InChI=1S/C15H16INO/c1-2-17-11-12-7-3-5-9-14(12)18-15-10-6-4-8-13(15)16/h3-10,17H,2,11H2,1H3. The average Bonchev–Trinajstić information content (AvgIpc) is 2.40. The lowest BCUT2D eigenvalue weighted by Crippen LogP contribution is -2.12. The fourth-order valence-corrected chi connectivity index (χ4v) is 2.15. The molecule has 0 aliphatic heterocycles. The van der Waals surface area contributed by atoms with Gasteiger partial charge in [0.25, 0.3) is 0 Å². The Bertz CT molecular complexity index is 513. The monoisotopic (exact) mass is 353 g/mol. The molecule has 18 heavy (non-hydrogen) atoms. The van der Waals surface area contributed by atoms with E-state index in [4.69, 9.17) is 4.74 Å². The molecule has 0 amide bonds. The van der Waals surface area contributed by atoms with Gasteiger partial charge in [0.2, 0.25) is 0 Å². The molecule has 94 valence electrons. The summed E-state index contributed by atoms with van der Waals surface area (Å²) in [5.74, 6) is 1.82. The van der Waals surface area contributed by atoms with Crippen LogP contribution in [0.5, 0.6) is 11.5 Å². The molecule has 0 aliphatic rings. The first kappa shape index (κ1) is 13.4. The van der Waals surface area contributed by atoms with Crippen LogP contribution in [0.4, 0.5) is 0 Å². The molecular weight excluding hydrogens is 337 g/mol. The summed E-state index contributed by atoms with van der Waals surface area (Å²) in [5.41, 5.74) is 1.18. The zero-order valence-corrected chi connectivity index (χ0v) is 12.5. The van der Waals surface area contributed by atoms with Gasteiger partial charge in [-0.2, -0.15) is 0 Å². The van der Waals surface area contributed by atoms with Gasteiger partial charge in [0, 0.05) is 12.1 Å². The number of ether oxygens (including phenoxy) is 1. The Balaban J connectivity index is 2.21. The molecule has 2 aromatic rings. The summed E-state index contributed by atoms with van der Waals surface area (Å²) in [6.07, 6.45) is 0. The van der Waals surface area contributed by atoms with E-state index in [0.29, 0.717) is 0 Å². The van der Waals surface area contributed by atoms with Crippen LogP contribution in [0.25, 0.3) is 0 Å². The van der Waals surface area contributed by atoms with Crippen molar-refractivity contribution in [3.8, 4) is 11.5 Å². The zero-order valence-electron chi connectivity index (χ0n) is 10.3. The van der Waals surface area contributed by atoms with E-state index in [9.17, 15) is 0 Å². The van der Waals surface area contributed by atoms with Crippen molar-refractivity contribution in [3.63, 3.8) is 0 Å². The van der Waals surface area contributed by atoms with Crippen LogP contribution >= 0.6 is 22.6 Å². The second-order valence-electron chi connectivity index (χ2n) is 3.92. The summed E-state index contributed by atoms with van der Waals surface area (Å²) in [5, 5.41) is 3.32. The summed E-state index contributed by atoms with van der Waals surface area (Å²) >= 11 is 2.29. The molecule has 0 unspecified atom stereocenters. The lowest BCUT2D eigenvalue weighted by Gasteiger charge is -2.12. The van der Waals surface area contributed by atoms with Gasteiger partial charge >= 0.3 is 0 Å². The Morgan fingerprint density at radius 2 is 1.67 bits per heavy atom. The molecule has 0 saturated heterocycles. The molecule has 0 radical (unpaired) electrons. The highest BCUT2D eigenvalue weighted by molar-refractivity contribution is 14.1. The Labute approximate surface area is 122 Å². The number of rotatable bonds is 5. The summed E-state index contributed by atoms with van der Waals surface area (Å²) in [4.78, 5) is 0. The molecule has 0 aliphatic carbocycles. The Morgan fingerprint density at radius 3 is 2.39 bits per heavy atom. The lowest BCUT2D eigenvalue weighted by molar-refractivity contribution is 0.470. The predicted octanol–water partition coefficient (Wildman–Crippen LogP) is 4.19. The minimum atomic E-state index is 0.829. The van der Waals surface area contributed by atoms with Gasteiger partial charge in [-0.05, 0) is 47.3 Å². The molecule has 0 bridgehead atoms. The Hall–Kier alpha value is -1.07. The van der Waals surface area contributed by atoms with E-state index in [1.54, 1.807) is 0 Å². The van der Waals surface area contributed by atoms with Crippen molar-refractivity contribution in [2.45, 2.75) is 13.5 Å². The van der Waals surface area contributed by atoms with Crippen molar-refractivity contribution in [1.82, 2.24) is 5.32 Å². The molecule has 1 N–H and O–H groups in total. The molecule has 0 atom stereocenters. The highest BCUT2D eigenvalue weighted by Crippen LogP contribution is 2.28. The number of hydrogen-bond acceptors (Lipinski definition) is 2. The van der Waals surface area contributed by atoms with Gasteiger partial charge in [0.05, 0.1) is 3.57 Å². The smallest absolute Gasteiger partial charge is 0.140 e.